The first-order valence-corrected chi connectivity index (χ1v) is 7.30. The van der Waals surface area contributed by atoms with Gasteiger partial charge in [0.25, 0.3) is 0 Å². The van der Waals surface area contributed by atoms with Crippen LogP contribution in [-0.4, -0.2) is 52.2 Å². The van der Waals surface area contributed by atoms with Gasteiger partial charge < -0.3 is 14.8 Å². The molecule has 0 aliphatic carbocycles. The van der Waals surface area contributed by atoms with E-state index in [9.17, 15) is 0 Å². The van der Waals surface area contributed by atoms with Crippen molar-refractivity contribution in [1.29, 1.82) is 0 Å². The van der Waals surface area contributed by atoms with Gasteiger partial charge in [0.1, 0.15) is 11.7 Å². The first kappa shape index (κ1) is 15.7. The lowest BCUT2D eigenvalue weighted by Crippen LogP contribution is -2.23. The van der Waals surface area contributed by atoms with Crippen molar-refractivity contribution in [3.8, 4) is 0 Å². The molecule has 1 heterocycles. The van der Waals surface area contributed by atoms with Crippen molar-refractivity contribution in [2.45, 2.75) is 12.8 Å². The molecule has 0 saturated carbocycles. The average Bonchev–Trinajstić information content (AvgIpc) is 2.87. The van der Waals surface area contributed by atoms with E-state index in [2.05, 4.69) is 27.4 Å². The van der Waals surface area contributed by atoms with Crippen LogP contribution in [0.3, 0.4) is 0 Å². The summed E-state index contributed by atoms with van der Waals surface area (Å²) in [6.07, 6.45) is 1.84. The van der Waals surface area contributed by atoms with E-state index in [1.807, 2.05) is 12.1 Å². The first-order chi connectivity index (χ1) is 10.4. The number of methoxy groups -OCH3 is 2. The molecule has 1 N–H and O–H groups in total. The van der Waals surface area contributed by atoms with E-state index in [-0.39, 0.29) is 0 Å². The van der Waals surface area contributed by atoms with Crippen LogP contribution in [0, 0.1) is 0 Å². The number of hydrogen-bond donors (Lipinski definition) is 1. The fourth-order valence-electron chi connectivity index (χ4n) is 2.19. The SMILES string of the molecule is COCCCN=C1NC(=NCCCOC)c2ccccc21. The van der Waals surface area contributed by atoms with E-state index in [1.54, 1.807) is 14.2 Å². The Labute approximate surface area is 126 Å². The fraction of sp³-hybridized carbons (Fsp3) is 0.500. The smallest absolute Gasteiger partial charge is 0.134 e. The van der Waals surface area contributed by atoms with Gasteiger partial charge in [-0.25, -0.2) is 0 Å². The highest BCUT2D eigenvalue weighted by Crippen LogP contribution is 2.16. The van der Waals surface area contributed by atoms with Crippen LogP contribution in [0.25, 0.3) is 0 Å². The number of ether oxygens (including phenoxy) is 2. The molecular formula is C16H23N3O2. The zero-order chi connectivity index (χ0) is 14.9. The molecule has 0 saturated heterocycles. The number of aliphatic imine (C=N–C) groups is 2. The van der Waals surface area contributed by atoms with Crippen molar-refractivity contribution in [3.63, 3.8) is 0 Å². The number of hydrogen-bond acceptors (Lipinski definition) is 4. The Bertz CT molecular complexity index is 467. The molecular weight excluding hydrogens is 266 g/mol. The van der Waals surface area contributed by atoms with E-state index < -0.39 is 0 Å². The number of amidine groups is 2. The summed E-state index contributed by atoms with van der Waals surface area (Å²) in [6.45, 7) is 2.97. The van der Waals surface area contributed by atoms with Gasteiger partial charge in [0.15, 0.2) is 0 Å². The van der Waals surface area contributed by atoms with Gasteiger partial charge in [0.05, 0.1) is 0 Å². The summed E-state index contributed by atoms with van der Waals surface area (Å²) >= 11 is 0. The summed E-state index contributed by atoms with van der Waals surface area (Å²) in [4.78, 5) is 9.23. The van der Waals surface area contributed by atoms with Crippen LogP contribution in [0.2, 0.25) is 0 Å². The highest BCUT2D eigenvalue weighted by Gasteiger charge is 2.21. The first-order valence-electron chi connectivity index (χ1n) is 7.30. The molecule has 1 aromatic carbocycles. The molecule has 0 radical (unpaired) electrons. The minimum absolute atomic E-state index is 0.733. The molecule has 21 heavy (non-hydrogen) atoms. The quantitative estimate of drug-likeness (QED) is 0.743. The second-order valence-corrected chi connectivity index (χ2v) is 4.82. The maximum Gasteiger partial charge on any atom is 0.134 e. The Kier molecular flexibility index (Phi) is 6.37. The second kappa shape index (κ2) is 8.54. The van der Waals surface area contributed by atoms with Crippen LogP contribution in [0.1, 0.15) is 24.0 Å². The van der Waals surface area contributed by atoms with E-state index >= 15 is 0 Å². The van der Waals surface area contributed by atoms with Crippen molar-refractivity contribution < 1.29 is 9.47 Å². The van der Waals surface area contributed by atoms with E-state index in [1.165, 1.54) is 0 Å². The molecule has 114 valence electrons. The molecule has 0 aromatic heterocycles. The highest BCUT2D eigenvalue weighted by atomic mass is 16.5. The van der Waals surface area contributed by atoms with Crippen LogP contribution < -0.4 is 5.32 Å². The minimum atomic E-state index is 0.733. The van der Waals surface area contributed by atoms with Gasteiger partial charge in [-0.15, -0.1) is 0 Å². The number of benzene rings is 1. The molecule has 1 aliphatic heterocycles. The van der Waals surface area contributed by atoms with Gasteiger partial charge in [-0.3, -0.25) is 9.98 Å². The third-order valence-corrected chi connectivity index (χ3v) is 3.23. The zero-order valence-electron chi connectivity index (χ0n) is 12.8. The molecule has 2 rings (SSSR count). The molecule has 0 bridgehead atoms. The maximum atomic E-state index is 5.05. The summed E-state index contributed by atoms with van der Waals surface area (Å²) in [6, 6.07) is 8.21. The average molecular weight is 289 g/mol. The van der Waals surface area contributed by atoms with Gasteiger partial charge in [-0.2, -0.15) is 0 Å². The number of nitrogens with one attached hydrogen (secondary N) is 1. The van der Waals surface area contributed by atoms with Crippen molar-refractivity contribution >= 4 is 11.7 Å². The predicted molar refractivity (Wildman–Crippen MR) is 85.4 cm³/mol. The Morgan fingerprint density at radius 1 is 0.857 bits per heavy atom. The third kappa shape index (κ3) is 4.37. The van der Waals surface area contributed by atoms with Crippen molar-refractivity contribution in [2.75, 3.05) is 40.5 Å². The Balaban J connectivity index is 2.06. The minimum Gasteiger partial charge on any atom is -0.385 e. The molecule has 1 aromatic rings. The largest absolute Gasteiger partial charge is 0.385 e. The van der Waals surface area contributed by atoms with Crippen LogP contribution in [0.4, 0.5) is 0 Å². The lowest BCUT2D eigenvalue weighted by molar-refractivity contribution is 0.197. The number of rotatable bonds is 8. The Morgan fingerprint density at radius 2 is 1.33 bits per heavy atom. The molecule has 5 heteroatoms. The lowest BCUT2D eigenvalue weighted by Gasteiger charge is -2.01. The standard InChI is InChI=1S/C16H23N3O2/c1-20-11-5-9-17-15-13-7-3-4-8-14(13)16(19-15)18-10-6-12-21-2/h3-4,7-8H,5-6,9-12H2,1-2H3,(H,17,18,19). The van der Waals surface area contributed by atoms with Crippen LogP contribution in [-0.2, 0) is 9.47 Å². The van der Waals surface area contributed by atoms with Crippen LogP contribution in [0.15, 0.2) is 34.3 Å². The van der Waals surface area contributed by atoms with Crippen LogP contribution >= 0.6 is 0 Å². The van der Waals surface area contributed by atoms with Crippen LogP contribution in [0.5, 0.6) is 0 Å². The summed E-state index contributed by atoms with van der Waals surface area (Å²) in [5.74, 6) is 1.82. The van der Waals surface area contributed by atoms with E-state index in [0.717, 1.165) is 61.9 Å². The highest BCUT2D eigenvalue weighted by molar-refractivity contribution is 6.25. The topological polar surface area (TPSA) is 55.2 Å². The number of fused-ring (bicyclic) bond motifs is 1. The normalized spacial score (nSPS) is 17.2. The van der Waals surface area contributed by atoms with Gasteiger partial charge in [-0.05, 0) is 12.8 Å². The van der Waals surface area contributed by atoms with E-state index in [0.29, 0.717) is 0 Å². The Morgan fingerprint density at radius 3 is 1.76 bits per heavy atom. The summed E-state index contributed by atoms with van der Waals surface area (Å²) < 4.78 is 10.1. The van der Waals surface area contributed by atoms with Gasteiger partial charge in [0.2, 0.25) is 0 Å². The molecule has 1 aliphatic rings. The summed E-state index contributed by atoms with van der Waals surface area (Å²) in [5.41, 5.74) is 2.25. The van der Waals surface area contributed by atoms with Crippen molar-refractivity contribution in [3.05, 3.63) is 35.4 Å². The summed E-state index contributed by atoms with van der Waals surface area (Å²) in [5, 5.41) is 3.33. The van der Waals surface area contributed by atoms with Crippen molar-refractivity contribution in [1.82, 2.24) is 5.32 Å². The monoisotopic (exact) mass is 289 g/mol. The molecule has 5 nitrogen and oxygen atoms in total. The second-order valence-electron chi connectivity index (χ2n) is 4.82. The fourth-order valence-corrected chi connectivity index (χ4v) is 2.19. The molecule has 0 atom stereocenters. The van der Waals surface area contributed by atoms with E-state index in [4.69, 9.17) is 9.47 Å². The molecule has 0 unspecified atom stereocenters. The summed E-state index contributed by atoms with van der Waals surface area (Å²) in [7, 11) is 3.42. The van der Waals surface area contributed by atoms with Gasteiger partial charge in [0, 0.05) is 51.6 Å². The molecule has 0 fully saturated rings. The lowest BCUT2D eigenvalue weighted by atomic mass is 10.1. The van der Waals surface area contributed by atoms with Crippen molar-refractivity contribution in [2.24, 2.45) is 9.98 Å². The predicted octanol–water partition coefficient (Wildman–Crippen LogP) is 1.86. The molecule has 0 amide bonds. The maximum absolute atomic E-state index is 5.05. The third-order valence-electron chi connectivity index (χ3n) is 3.23. The van der Waals surface area contributed by atoms with Gasteiger partial charge in [-0.1, -0.05) is 24.3 Å². The van der Waals surface area contributed by atoms with Gasteiger partial charge >= 0.3 is 0 Å². The molecule has 0 spiro atoms. The number of nitrogens with zero attached hydrogens (tertiary/aromatic N) is 2. The zero-order valence-corrected chi connectivity index (χ0v) is 12.8. The Hall–Kier alpha value is -1.72.